The van der Waals surface area contributed by atoms with Gasteiger partial charge in [0.25, 0.3) is 0 Å². The monoisotopic (exact) mass is 266 g/mol. The van der Waals surface area contributed by atoms with Crippen LogP contribution in [0.5, 0.6) is 0 Å². The molecule has 7 nitrogen and oxygen atoms in total. The van der Waals surface area contributed by atoms with Crippen molar-refractivity contribution in [3.8, 4) is 0 Å². The van der Waals surface area contributed by atoms with E-state index in [9.17, 15) is 9.59 Å². The molecular formula is C12H18N4O3. The summed E-state index contributed by atoms with van der Waals surface area (Å²) in [7, 11) is 0. The number of imidazole rings is 1. The van der Waals surface area contributed by atoms with Gasteiger partial charge in [0.15, 0.2) is 0 Å². The van der Waals surface area contributed by atoms with Crippen LogP contribution in [0.4, 0.5) is 10.6 Å². The Hall–Kier alpha value is -2.05. The average molecular weight is 266 g/mol. The summed E-state index contributed by atoms with van der Waals surface area (Å²) in [6.07, 6.45) is 4.52. The van der Waals surface area contributed by atoms with Gasteiger partial charge < -0.3 is 10.0 Å². The Balaban J connectivity index is 1.99. The third kappa shape index (κ3) is 3.24. The molecule has 2 rings (SSSR count). The van der Waals surface area contributed by atoms with Crippen molar-refractivity contribution in [1.82, 2.24) is 14.5 Å². The van der Waals surface area contributed by atoms with Crippen molar-refractivity contribution in [2.45, 2.75) is 32.9 Å². The molecule has 0 bridgehead atoms. The number of carbonyl (C=O) groups is 2. The smallest absolute Gasteiger partial charge is 0.410 e. The number of nitrogens with zero attached hydrogens (tertiary/aromatic N) is 3. The van der Waals surface area contributed by atoms with Crippen LogP contribution in [0, 0.1) is 5.92 Å². The number of anilines is 1. The van der Waals surface area contributed by atoms with Crippen LogP contribution < -0.4 is 5.32 Å². The highest BCUT2D eigenvalue weighted by Gasteiger charge is 2.29. The number of carboxylic acid groups (broad SMARTS) is 1. The molecule has 1 aromatic rings. The summed E-state index contributed by atoms with van der Waals surface area (Å²) >= 11 is 0. The van der Waals surface area contributed by atoms with E-state index in [2.05, 4.69) is 17.2 Å². The second-order valence-electron chi connectivity index (χ2n) is 4.80. The molecule has 1 saturated heterocycles. The number of rotatable bonds is 5. The van der Waals surface area contributed by atoms with Crippen molar-refractivity contribution in [1.29, 1.82) is 0 Å². The molecule has 2 heterocycles. The Labute approximate surface area is 111 Å². The average Bonchev–Trinajstić information content (AvgIpc) is 2.88. The van der Waals surface area contributed by atoms with Crippen LogP contribution in [-0.2, 0) is 11.5 Å². The molecule has 1 aliphatic heterocycles. The normalized spacial score (nSPS) is 18.9. The lowest BCUT2D eigenvalue weighted by molar-refractivity contribution is -0.129. The molecule has 19 heavy (non-hydrogen) atoms. The van der Waals surface area contributed by atoms with Gasteiger partial charge in [0.05, 0.1) is 12.5 Å². The molecule has 104 valence electrons. The van der Waals surface area contributed by atoms with E-state index in [1.54, 1.807) is 9.47 Å². The maximum absolute atomic E-state index is 11.9. The van der Waals surface area contributed by atoms with Crippen molar-refractivity contribution in [2.24, 2.45) is 5.92 Å². The molecule has 2 N–H and O–H groups in total. The summed E-state index contributed by atoms with van der Waals surface area (Å²) < 4.78 is 1.63. The number of nitrogens with one attached hydrogen (secondary N) is 1. The Morgan fingerprint density at radius 2 is 2.42 bits per heavy atom. The lowest BCUT2D eigenvalue weighted by Crippen LogP contribution is -2.28. The SMILES string of the molecule is CCCC1CC(=O)N(Cn2cncc2NC(=O)O)C1. The predicted octanol–water partition coefficient (Wildman–Crippen LogP) is 1.58. The third-order valence-corrected chi connectivity index (χ3v) is 3.26. The van der Waals surface area contributed by atoms with Crippen LogP contribution >= 0.6 is 0 Å². The summed E-state index contributed by atoms with van der Waals surface area (Å²) in [5, 5.41) is 11.0. The molecule has 1 fully saturated rings. The van der Waals surface area contributed by atoms with Gasteiger partial charge in [0.2, 0.25) is 5.91 Å². The minimum atomic E-state index is -1.14. The van der Waals surface area contributed by atoms with Crippen LogP contribution in [0.3, 0.4) is 0 Å². The molecule has 0 aliphatic carbocycles. The number of likely N-dealkylation sites (tertiary alicyclic amines) is 1. The minimum Gasteiger partial charge on any atom is -0.465 e. The molecule has 0 saturated carbocycles. The van der Waals surface area contributed by atoms with Crippen LogP contribution in [0.25, 0.3) is 0 Å². The number of hydrogen-bond donors (Lipinski definition) is 2. The molecule has 2 amide bonds. The summed E-state index contributed by atoms with van der Waals surface area (Å²) in [5.74, 6) is 0.907. The van der Waals surface area contributed by atoms with Gasteiger partial charge in [-0.05, 0) is 12.3 Å². The van der Waals surface area contributed by atoms with E-state index < -0.39 is 6.09 Å². The van der Waals surface area contributed by atoms with E-state index in [-0.39, 0.29) is 5.91 Å². The van der Waals surface area contributed by atoms with Gasteiger partial charge in [0, 0.05) is 13.0 Å². The van der Waals surface area contributed by atoms with Gasteiger partial charge in [-0.2, -0.15) is 0 Å². The van der Waals surface area contributed by atoms with E-state index in [1.807, 2.05) is 0 Å². The first-order valence-corrected chi connectivity index (χ1v) is 6.38. The summed E-state index contributed by atoms with van der Waals surface area (Å²) in [4.78, 5) is 28.1. The molecular weight excluding hydrogens is 248 g/mol. The predicted molar refractivity (Wildman–Crippen MR) is 68.6 cm³/mol. The highest BCUT2D eigenvalue weighted by molar-refractivity contribution is 5.81. The van der Waals surface area contributed by atoms with E-state index >= 15 is 0 Å². The third-order valence-electron chi connectivity index (χ3n) is 3.26. The van der Waals surface area contributed by atoms with Gasteiger partial charge >= 0.3 is 6.09 Å². The molecule has 7 heteroatoms. The van der Waals surface area contributed by atoms with Gasteiger partial charge in [-0.15, -0.1) is 0 Å². The first-order chi connectivity index (χ1) is 9.10. The summed E-state index contributed by atoms with van der Waals surface area (Å²) in [5.41, 5.74) is 0. The fraction of sp³-hybridized carbons (Fsp3) is 0.583. The van der Waals surface area contributed by atoms with Crippen molar-refractivity contribution in [3.63, 3.8) is 0 Å². The van der Waals surface area contributed by atoms with Crippen molar-refractivity contribution in [3.05, 3.63) is 12.5 Å². The van der Waals surface area contributed by atoms with Crippen LogP contribution in [-0.4, -0.2) is 38.1 Å². The molecule has 1 unspecified atom stereocenters. The fourth-order valence-corrected chi connectivity index (χ4v) is 2.42. The maximum Gasteiger partial charge on any atom is 0.410 e. The maximum atomic E-state index is 11.9. The highest BCUT2D eigenvalue weighted by atomic mass is 16.4. The highest BCUT2D eigenvalue weighted by Crippen LogP contribution is 2.23. The Kier molecular flexibility index (Phi) is 4.03. The summed E-state index contributed by atoms with van der Waals surface area (Å²) in [6, 6.07) is 0. The Morgan fingerprint density at radius 1 is 1.63 bits per heavy atom. The van der Waals surface area contributed by atoms with Gasteiger partial charge in [0.1, 0.15) is 12.5 Å². The zero-order valence-electron chi connectivity index (χ0n) is 10.9. The van der Waals surface area contributed by atoms with Gasteiger partial charge in [-0.25, -0.2) is 9.78 Å². The van der Waals surface area contributed by atoms with Gasteiger partial charge in [-0.3, -0.25) is 14.7 Å². The molecule has 0 aromatic carbocycles. The standard InChI is InChI=1S/C12H18N4O3/c1-2-3-9-4-11(17)15(6-9)8-16-7-13-5-10(16)14-12(18)19/h5,7,9,14H,2-4,6,8H2,1H3,(H,18,19). The van der Waals surface area contributed by atoms with E-state index in [0.717, 1.165) is 19.4 Å². The topological polar surface area (TPSA) is 87.5 Å². The fourth-order valence-electron chi connectivity index (χ4n) is 2.42. The zero-order chi connectivity index (χ0) is 13.8. The number of carbonyl (C=O) groups excluding carboxylic acids is 1. The van der Waals surface area contributed by atoms with Crippen LogP contribution in [0.1, 0.15) is 26.2 Å². The number of aromatic nitrogens is 2. The lowest BCUT2D eigenvalue weighted by Gasteiger charge is -2.18. The van der Waals surface area contributed by atoms with Crippen LogP contribution in [0.15, 0.2) is 12.5 Å². The van der Waals surface area contributed by atoms with Crippen molar-refractivity contribution >= 4 is 17.8 Å². The number of hydrogen-bond acceptors (Lipinski definition) is 3. The quantitative estimate of drug-likeness (QED) is 0.847. The van der Waals surface area contributed by atoms with Crippen LogP contribution in [0.2, 0.25) is 0 Å². The van der Waals surface area contributed by atoms with Gasteiger partial charge in [-0.1, -0.05) is 13.3 Å². The Bertz CT molecular complexity index is 471. The van der Waals surface area contributed by atoms with E-state index in [1.165, 1.54) is 12.5 Å². The van der Waals surface area contributed by atoms with Crippen molar-refractivity contribution in [2.75, 3.05) is 11.9 Å². The van der Waals surface area contributed by atoms with E-state index in [0.29, 0.717) is 24.8 Å². The number of amides is 2. The van der Waals surface area contributed by atoms with E-state index in [4.69, 9.17) is 5.11 Å². The lowest BCUT2D eigenvalue weighted by atomic mass is 10.0. The molecule has 1 aliphatic rings. The molecule has 0 spiro atoms. The van der Waals surface area contributed by atoms with Crippen molar-refractivity contribution < 1.29 is 14.7 Å². The zero-order valence-corrected chi connectivity index (χ0v) is 10.9. The second kappa shape index (κ2) is 5.73. The first-order valence-electron chi connectivity index (χ1n) is 6.38. The molecule has 1 atom stereocenters. The Morgan fingerprint density at radius 3 is 3.11 bits per heavy atom. The minimum absolute atomic E-state index is 0.119. The second-order valence-corrected chi connectivity index (χ2v) is 4.80. The molecule has 0 radical (unpaired) electrons. The largest absolute Gasteiger partial charge is 0.465 e. The molecule has 1 aromatic heterocycles. The summed E-state index contributed by atoms with van der Waals surface area (Å²) in [6.45, 7) is 3.18. The first kappa shape index (κ1) is 13.4.